The second-order valence-electron chi connectivity index (χ2n) is 7.39. The maximum atomic E-state index is 12.6. The van der Waals surface area contributed by atoms with Crippen LogP contribution in [0.5, 0.6) is 5.75 Å². The molecule has 0 aliphatic rings. The van der Waals surface area contributed by atoms with Crippen molar-refractivity contribution in [3.05, 3.63) is 29.8 Å². The average Bonchev–Trinajstić information content (AvgIpc) is 2.27. The van der Waals surface area contributed by atoms with Crippen LogP contribution < -0.4 is 5.32 Å². The van der Waals surface area contributed by atoms with Gasteiger partial charge < -0.3 is 10.4 Å². The molecule has 1 aromatic rings. The molecule has 0 spiro atoms. The van der Waals surface area contributed by atoms with Gasteiger partial charge in [0, 0.05) is 11.0 Å². The molecular formula is C17H27NO2. The minimum absolute atomic E-state index is 0.157. The van der Waals surface area contributed by atoms with Gasteiger partial charge in [0.15, 0.2) is 5.78 Å². The molecule has 1 aromatic carbocycles. The smallest absolute Gasteiger partial charge is 0.155 e. The van der Waals surface area contributed by atoms with Crippen molar-refractivity contribution in [2.75, 3.05) is 0 Å². The third kappa shape index (κ3) is 4.97. The highest BCUT2D eigenvalue weighted by Crippen LogP contribution is 2.23. The Hall–Kier alpha value is -1.35. The molecule has 0 amide bonds. The predicted molar refractivity (Wildman–Crippen MR) is 82.9 cm³/mol. The van der Waals surface area contributed by atoms with Crippen molar-refractivity contribution in [1.29, 1.82) is 0 Å². The first-order valence-corrected chi connectivity index (χ1v) is 7.09. The van der Waals surface area contributed by atoms with Gasteiger partial charge in [-0.1, -0.05) is 39.0 Å². The van der Waals surface area contributed by atoms with Gasteiger partial charge in [0.05, 0.1) is 6.04 Å². The molecule has 3 nitrogen and oxygen atoms in total. The van der Waals surface area contributed by atoms with Crippen molar-refractivity contribution >= 4 is 5.78 Å². The zero-order valence-electron chi connectivity index (χ0n) is 13.4. The van der Waals surface area contributed by atoms with Gasteiger partial charge in [-0.05, 0) is 38.8 Å². The molecule has 2 N–H and O–H groups in total. The Bertz CT molecular complexity index is 467. The van der Waals surface area contributed by atoms with Crippen molar-refractivity contribution in [2.24, 2.45) is 5.41 Å². The molecule has 0 saturated heterocycles. The molecule has 1 rings (SSSR count). The normalized spacial score (nSPS) is 14.1. The molecule has 20 heavy (non-hydrogen) atoms. The minimum Gasteiger partial charge on any atom is -0.508 e. The zero-order chi connectivity index (χ0) is 15.6. The first kappa shape index (κ1) is 16.7. The Kier molecular flexibility index (Phi) is 4.98. The summed E-state index contributed by atoms with van der Waals surface area (Å²) in [5, 5.41) is 13.3. The van der Waals surface area contributed by atoms with E-state index in [0.29, 0.717) is 6.42 Å². The zero-order valence-corrected chi connectivity index (χ0v) is 13.4. The van der Waals surface area contributed by atoms with Crippen LogP contribution in [0.1, 0.15) is 47.1 Å². The summed E-state index contributed by atoms with van der Waals surface area (Å²) in [6.07, 6.45) is 0.500. The number of carbonyl (C=O) groups is 1. The number of phenolic OH excluding ortho intramolecular Hbond substituents is 1. The summed E-state index contributed by atoms with van der Waals surface area (Å²) < 4.78 is 0. The summed E-state index contributed by atoms with van der Waals surface area (Å²) in [4.78, 5) is 12.6. The molecule has 0 radical (unpaired) electrons. The highest BCUT2D eigenvalue weighted by atomic mass is 16.3. The molecule has 112 valence electrons. The highest BCUT2D eigenvalue weighted by Gasteiger charge is 2.32. The van der Waals surface area contributed by atoms with Gasteiger partial charge in [-0.15, -0.1) is 0 Å². The number of ketones is 1. The van der Waals surface area contributed by atoms with Crippen molar-refractivity contribution in [3.8, 4) is 5.75 Å². The number of phenols is 1. The van der Waals surface area contributed by atoms with Crippen LogP contribution in [0.25, 0.3) is 0 Å². The molecule has 0 fully saturated rings. The van der Waals surface area contributed by atoms with Crippen LogP contribution in [0, 0.1) is 5.41 Å². The topological polar surface area (TPSA) is 49.3 Å². The second kappa shape index (κ2) is 5.96. The molecule has 0 saturated carbocycles. The lowest BCUT2D eigenvalue weighted by molar-refractivity contribution is -0.128. The van der Waals surface area contributed by atoms with E-state index in [0.717, 1.165) is 5.56 Å². The SMILES string of the molecule is CC(C)(C)N[C@@H](Cc1ccccc1O)C(=O)C(C)(C)C. The number of hydrogen-bond acceptors (Lipinski definition) is 3. The lowest BCUT2D eigenvalue weighted by atomic mass is 9.83. The summed E-state index contributed by atoms with van der Waals surface area (Å²) in [6.45, 7) is 11.9. The van der Waals surface area contributed by atoms with E-state index >= 15 is 0 Å². The first-order valence-electron chi connectivity index (χ1n) is 7.09. The third-order valence-corrected chi connectivity index (χ3v) is 3.08. The fourth-order valence-corrected chi connectivity index (χ4v) is 2.16. The molecule has 3 heteroatoms. The minimum atomic E-state index is -0.409. The van der Waals surface area contributed by atoms with Gasteiger partial charge in [0.2, 0.25) is 0 Å². The van der Waals surface area contributed by atoms with E-state index in [-0.39, 0.29) is 23.1 Å². The summed E-state index contributed by atoms with van der Waals surface area (Å²) >= 11 is 0. The van der Waals surface area contributed by atoms with Gasteiger partial charge in [-0.2, -0.15) is 0 Å². The third-order valence-electron chi connectivity index (χ3n) is 3.08. The molecule has 1 atom stereocenters. The molecular weight excluding hydrogens is 250 g/mol. The van der Waals surface area contributed by atoms with Crippen molar-refractivity contribution in [2.45, 2.75) is 59.5 Å². The van der Waals surface area contributed by atoms with Gasteiger partial charge in [-0.25, -0.2) is 0 Å². The second-order valence-corrected chi connectivity index (χ2v) is 7.39. The molecule has 0 heterocycles. The van der Waals surface area contributed by atoms with E-state index in [1.807, 2.05) is 53.7 Å². The number of Topliss-reactive ketones (excluding diaryl/α,β-unsaturated/α-hetero) is 1. The van der Waals surface area contributed by atoms with Gasteiger partial charge in [-0.3, -0.25) is 4.79 Å². The Morgan fingerprint density at radius 2 is 1.70 bits per heavy atom. The maximum absolute atomic E-state index is 12.6. The number of hydrogen-bond donors (Lipinski definition) is 2. The summed E-state index contributed by atoms with van der Waals surface area (Å²) in [5.41, 5.74) is 0.232. The van der Waals surface area contributed by atoms with E-state index < -0.39 is 5.41 Å². The van der Waals surface area contributed by atoms with E-state index in [9.17, 15) is 9.90 Å². The van der Waals surface area contributed by atoms with E-state index in [1.165, 1.54) is 0 Å². The molecule has 0 aromatic heterocycles. The molecule has 0 aliphatic carbocycles. The lowest BCUT2D eigenvalue weighted by Crippen LogP contribution is -2.51. The Balaban J connectivity index is 3.00. The fraction of sp³-hybridized carbons (Fsp3) is 0.588. The van der Waals surface area contributed by atoms with Crippen LogP contribution in [0.4, 0.5) is 0 Å². The van der Waals surface area contributed by atoms with Crippen LogP contribution in [0.2, 0.25) is 0 Å². The standard InChI is InChI=1S/C17H27NO2/c1-16(2,3)15(20)13(18-17(4,5)6)11-12-9-7-8-10-14(12)19/h7-10,13,18-19H,11H2,1-6H3/t13-/m0/s1. The maximum Gasteiger partial charge on any atom is 0.155 e. The number of carbonyl (C=O) groups excluding carboxylic acids is 1. The monoisotopic (exact) mass is 277 g/mol. The summed E-state index contributed by atoms with van der Waals surface area (Å²) in [6, 6.07) is 6.89. The number of rotatable bonds is 4. The van der Waals surface area contributed by atoms with Gasteiger partial charge in [0.25, 0.3) is 0 Å². The highest BCUT2D eigenvalue weighted by molar-refractivity contribution is 5.89. The van der Waals surface area contributed by atoms with Gasteiger partial charge >= 0.3 is 0 Å². The van der Waals surface area contributed by atoms with Crippen LogP contribution in [0.3, 0.4) is 0 Å². The Labute approximate surface area is 122 Å². The Morgan fingerprint density at radius 1 is 1.15 bits per heavy atom. The molecule has 0 unspecified atom stereocenters. The van der Waals surface area contributed by atoms with Crippen LogP contribution >= 0.6 is 0 Å². The average molecular weight is 277 g/mol. The van der Waals surface area contributed by atoms with Gasteiger partial charge in [0.1, 0.15) is 5.75 Å². The first-order chi connectivity index (χ1) is 9.00. The number of para-hydroxylation sites is 1. The largest absolute Gasteiger partial charge is 0.508 e. The quantitative estimate of drug-likeness (QED) is 0.887. The summed E-state index contributed by atoms with van der Waals surface area (Å²) in [7, 11) is 0. The van der Waals surface area contributed by atoms with Crippen LogP contribution in [0.15, 0.2) is 24.3 Å². The predicted octanol–water partition coefficient (Wildman–Crippen LogP) is 3.31. The molecule has 0 aliphatic heterocycles. The van der Waals surface area contributed by atoms with Crippen molar-refractivity contribution in [3.63, 3.8) is 0 Å². The number of benzene rings is 1. The van der Waals surface area contributed by atoms with E-state index in [2.05, 4.69) is 5.32 Å². The summed E-state index contributed by atoms with van der Waals surface area (Å²) in [5.74, 6) is 0.408. The lowest BCUT2D eigenvalue weighted by Gasteiger charge is -2.32. The number of aromatic hydroxyl groups is 1. The van der Waals surface area contributed by atoms with Crippen LogP contribution in [-0.4, -0.2) is 22.5 Å². The molecule has 0 bridgehead atoms. The van der Waals surface area contributed by atoms with Crippen LogP contribution in [-0.2, 0) is 11.2 Å². The Morgan fingerprint density at radius 3 is 2.15 bits per heavy atom. The van der Waals surface area contributed by atoms with E-state index in [1.54, 1.807) is 12.1 Å². The van der Waals surface area contributed by atoms with E-state index in [4.69, 9.17) is 0 Å². The number of nitrogens with one attached hydrogen (secondary N) is 1. The fourth-order valence-electron chi connectivity index (χ4n) is 2.16. The van der Waals surface area contributed by atoms with Crippen molar-refractivity contribution in [1.82, 2.24) is 5.32 Å². The van der Waals surface area contributed by atoms with Crippen molar-refractivity contribution < 1.29 is 9.90 Å².